The fourth-order valence-corrected chi connectivity index (χ4v) is 1.79. The van der Waals surface area contributed by atoms with Gasteiger partial charge >= 0.3 is 0 Å². The molecule has 0 saturated carbocycles. The zero-order valence-corrected chi connectivity index (χ0v) is 11.1. The quantitative estimate of drug-likeness (QED) is 0.460. The van der Waals surface area contributed by atoms with E-state index in [4.69, 9.17) is 4.74 Å². The van der Waals surface area contributed by atoms with Gasteiger partial charge in [-0.3, -0.25) is 0 Å². The van der Waals surface area contributed by atoms with Crippen LogP contribution in [-0.4, -0.2) is 6.61 Å². The minimum atomic E-state index is 0.718. The number of para-hydroxylation sites is 1. The number of hydrogen-bond donors (Lipinski definition) is 0. The summed E-state index contributed by atoms with van der Waals surface area (Å²) in [6.45, 7) is 5.31. The molecule has 94 valence electrons. The summed E-state index contributed by atoms with van der Waals surface area (Å²) in [5.41, 5.74) is 0. The second-order valence-electron chi connectivity index (χ2n) is 4.50. The zero-order chi connectivity index (χ0) is 12.3. The van der Waals surface area contributed by atoms with Gasteiger partial charge in [-0.1, -0.05) is 50.6 Å². The van der Waals surface area contributed by atoms with Crippen molar-refractivity contribution < 1.29 is 4.74 Å². The lowest BCUT2D eigenvalue weighted by molar-refractivity contribution is 0.312. The molecule has 0 saturated heterocycles. The molecule has 1 rings (SSSR count). The summed E-state index contributed by atoms with van der Waals surface area (Å²) in [7, 11) is 0. The molecule has 1 heteroatoms. The van der Waals surface area contributed by atoms with Crippen molar-refractivity contribution in [2.24, 2.45) is 5.92 Å². The Kier molecular flexibility index (Phi) is 7.20. The van der Waals surface area contributed by atoms with Crippen LogP contribution < -0.4 is 4.74 Å². The first-order valence-electron chi connectivity index (χ1n) is 6.67. The van der Waals surface area contributed by atoms with Crippen LogP contribution in [0.15, 0.2) is 42.5 Å². The van der Waals surface area contributed by atoms with Gasteiger partial charge in [-0.05, 0) is 37.3 Å². The molecule has 0 spiro atoms. The molecule has 0 aliphatic heterocycles. The second-order valence-corrected chi connectivity index (χ2v) is 4.50. The Morgan fingerprint density at radius 2 is 2.00 bits per heavy atom. The van der Waals surface area contributed by atoms with Crippen molar-refractivity contribution in [2.75, 3.05) is 6.61 Å². The predicted molar refractivity (Wildman–Crippen MR) is 74.4 cm³/mol. The average molecular weight is 232 g/mol. The van der Waals surface area contributed by atoms with E-state index < -0.39 is 0 Å². The Bertz CT molecular complexity index is 303. The summed E-state index contributed by atoms with van der Waals surface area (Å²) in [5, 5.41) is 0. The third-order valence-corrected chi connectivity index (χ3v) is 2.74. The van der Waals surface area contributed by atoms with E-state index in [9.17, 15) is 0 Å². The van der Waals surface area contributed by atoms with Crippen LogP contribution in [0, 0.1) is 5.92 Å². The van der Waals surface area contributed by atoms with Crippen LogP contribution >= 0.6 is 0 Å². The molecule has 1 aromatic carbocycles. The van der Waals surface area contributed by atoms with Crippen molar-refractivity contribution in [3.8, 4) is 5.75 Å². The van der Waals surface area contributed by atoms with E-state index >= 15 is 0 Å². The first-order valence-corrected chi connectivity index (χ1v) is 6.67. The molecule has 17 heavy (non-hydrogen) atoms. The van der Waals surface area contributed by atoms with Gasteiger partial charge in [0.2, 0.25) is 0 Å². The van der Waals surface area contributed by atoms with E-state index in [0.29, 0.717) is 0 Å². The van der Waals surface area contributed by atoms with Gasteiger partial charge in [0, 0.05) is 0 Å². The molecule has 0 aliphatic rings. The largest absolute Gasteiger partial charge is 0.494 e. The predicted octanol–water partition coefficient (Wildman–Crippen LogP) is 4.84. The first-order chi connectivity index (χ1) is 8.33. The summed E-state index contributed by atoms with van der Waals surface area (Å²) in [6.07, 6.45) is 9.37. The van der Waals surface area contributed by atoms with Crippen LogP contribution in [0.3, 0.4) is 0 Å². The van der Waals surface area contributed by atoms with E-state index in [1.807, 2.05) is 30.3 Å². The maximum Gasteiger partial charge on any atom is 0.119 e. The summed E-state index contributed by atoms with van der Waals surface area (Å²) >= 11 is 0. The average Bonchev–Trinajstić information content (AvgIpc) is 2.35. The smallest absolute Gasteiger partial charge is 0.119 e. The lowest BCUT2D eigenvalue weighted by atomic mass is 10.1. The summed E-state index contributed by atoms with van der Waals surface area (Å²) in [6, 6.07) is 10.0. The molecule has 0 N–H and O–H groups in total. The maximum atomic E-state index is 5.63. The molecule has 0 aliphatic carbocycles. The molecular formula is C16H24O. The van der Waals surface area contributed by atoms with Crippen molar-refractivity contribution in [3.05, 3.63) is 42.5 Å². The molecule has 1 nitrogen and oxygen atoms in total. The number of allylic oxidation sites excluding steroid dienone is 2. The highest BCUT2D eigenvalue weighted by Crippen LogP contribution is 2.10. The van der Waals surface area contributed by atoms with Crippen molar-refractivity contribution in [1.82, 2.24) is 0 Å². The van der Waals surface area contributed by atoms with Crippen LogP contribution in [0.5, 0.6) is 5.75 Å². The number of ether oxygens (including phenoxy) is 1. The number of hydrogen-bond acceptors (Lipinski definition) is 1. The fourth-order valence-electron chi connectivity index (χ4n) is 1.79. The Morgan fingerprint density at radius 1 is 1.24 bits per heavy atom. The topological polar surface area (TPSA) is 9.23 Å². The highest BCUT2D eigenvalue weighted by atomic mass is 16.5. The van der Waals surface area contributed by atoms with E-state index in [0.717, 1.165) is 31.1 Å². The summed E-state index contributed by atoms with van der Waals surface area (Å²) in [4.78, 5) is 0. The Labute approximate surface area is 106 Å². The van der Waals surface area contributed by atoms with Crippen molar-refractivity contribution in [1.29, 1.82) is 0 Å². The highest BCUT2D eigenvalue weighted by molar-refractivity contribution is 5.20. The third-order valence-electron chi connectivity index (χ3n) is 2.74. The number of benzene rings is 1. The first kappa shape index (κ1) is 13.8. The number of unbranched alkanes of at least 4 members (excludes halogenated alkanes) is 1. The van der Waals surface area contributed by atoms with Crippen molar-refractivity contribution in [2.45, 2.75) is 39.5 Å². The van der Waals surface area contributed by atoms with Crippen LogP contribution in [-0.2, 0) is 0 Å². The minimum absolute atomic E-state index is 0.718. The van der Waals surface area contributed by atoms with E-state index in [1.165, 1.54) is 12.8 Å². The van der Waals surface area contributed by atoms with Crippen LogP contribution in [0.25, 0.3) is 0 Å². The zero-order valence-electron chi connectivity index (χ0n) is 11.1. The van der Waals surface area contributed by atoms with Crippen molar-refractivity contribution in [3.63, 3.8) is 0 Å². The Balaban J connectivity index is 2.05. The van der Waals surface area contributed by atoms with Gasteiger partial charge in [0.25, 0.3) is 0 Å². The molecule has 1 unspecified atom stereocenters. The normalized spacial score (nSPS) is 12.8. The molecule has 0 heterocycles. The fraction of sp³-hybridized carbons (Fsp3) is 0.500. The monoisotopic (exact) mass is 232 g/mol. The molecule has 0 bridgehead atoms. The third kappa shape index (κ3) is 6.83. The number of rotatable bonds is 8. The van der Waals surface area contributed by atoms with Crippen LogP contribution in [0.1, 0.15) is 39.5 Å². The molecule has 1 atom stereocenters. The van der Waals surface area contributed by atoms with E-state index in [1.54, 1.807) is 0 Å². The van der Waals surface area contributed by atoms with Gasteiger partial charge in [-0.2, -0.15) is 0 Å². The van der Waals surface area contributed by atoms with Crippen LogP contribution in [0.2, 0.25) is 0 Å². The molecule has 0 fully saturated rings. The lowest BCUT2D eigenvalue weighted by Crippen LogP contribution is -1.96. The van der Waals surface area contributed by atoms with Gasteiger partial charge in [0.1, 0.15) is 5.75 Å². The van der Waals surface area contributed by atoms with Gasteiger partial charge < -0.3 is 4.74 Å². The molecule has 1 aromatic rings. The standard InChI is InChI=1S/C16H24O/c1-3-10-15(2)11-6-5-9-14-17-16-12-7-4-8-13-16/h4,6-8,11-13,15H,3,5,9-10,14H2,1-2H3/b11-6+. The Hall–Kier alpha value is -1.24. The molecule has 0 amide bonds. The van der Waals surface area contributed by atoms with Gasteiger partial charge in [0.15, 0.2) is 0 Å². The van der Waals surface area contributed by atoms with Gasteiger partial charge in [-0.25, -0.2) is 0 Å². The SMILES string of the molecule is CCCC(C)/C=C/CCCOc1ccccc1. The molecule has 0 radical (unpaired) electrons. The summed E-state index contributed by atoms with van der Waals surface area (Å²) in [5.74, 6) is 1.69. The second kappa shape index (κ2) is 8.86. The molecule has 0 aromatic heterocycles. The van der Waals surface area contributed by atoms with Crippen molar-refractivity contribution >= 4 is 0 Å². The lowest BCUT2D eigenvalue weighted by Gasteiger charge is -2.05. The maximum absolute atomic E-state index is 5.63. The molecular weight excluding hydrogens is 208 g/mol. The Morgan fingerprint density at radius 3 is 2.71 bits per heavy atom. The van der Waals surface area contributed by atoms with E-state index in [-0.39, 0.29) is 0 Å². The van der Waals surface area contributed by atoms with Gasteiger partial charge in [-0.15, -0.1) is 0 Å². The van der Waals surface area contributed by atoms with Gasteiger partial charge in [0.05, 0.1) is 6.61 Å². The van der Waals surface area contributed by atoms with Crippen LogP contribution in [0.4, 0.5) is 0 Å². The van der Waals surface area contributed by atoms with E-state index in [2.05, 4.69) is 26.0 Å². The minimum Gasteiger partial charge on any atom is -0.494 e. The summed E-state index contributed by atoms with van der Waals surface area (Å²) < 4.78 is 5.63. The highest BCUT2D eigenvalue weighted by Gasteiger charge is 1.93.